The molecule has 1 saturated heterocycles. The standard InChI is InChI=1S/C11H23N3/c1-10(12-7-9-13(2)3)11-6-5-8-14(11)4/h11-12H,1,5-9H2,2-4H3/t11-/m1/s1. The highest BCUT2D eigenvalue weighted by molar-refractivity contribution is 5.05. The Morgan fingerprint density at radius 3 is 2.79 bits per heavy atom. The summed E-state index contributed by atoms with van der Waals surface area (Å²) in [6, 6.07) is 0.553. The van der Waals surface area contributed by atoms with E-state index in [1.807, 2.05) is 0 Å². The van der Waals surface area contributed by atoms with Gasteiger partial charge in [0.25, 0.3) is 0 Å². The Balaban J connectivity index is 2.21. The lowest BCUT2D eigenvalue weighted by Crippen LogP contribution is -2.35. The van der Waals surface area contributed by atoms with Gasteiger partial charge in [-0.1, -0.05) is 6.58 Å². The first-order valence-electron chi connectivity index (χ1n) is 5.39. The Kier molecular flexibility index (Phi) is 4.42. The fraction of sp³-hybridized carbons (Fsp3) is 0.818. The lowest BCUT2D eigenvalue weighted by Gasteiger charge is -2.23. The maximum atomic E-state index is 4.11. The van der Waals surface area contributed by atoms with E-state index < -0.39 is 0 Å². The fourth-order valence-corrected chi connectivity index (χ4v) is 1.91. The molecule has 82 valence electrons. The van der Waals surface area contributed by atoms with E-state index >= 15 is 0 Å². The second-order valence-corrected chi connectivity index (χ2v) is 4.39. The van der Waals surface area contributed by atoms with Gasteiger partial charge in [0.15, 0.2) is 0 Å². The van der Waals surface area contributed by atoms with Gasteiger partial charge in [-0.2, -0.15) is 0 Å². The van der Waals surface area contributed by atoms with Crippen molar-refractivity contribution in [2.75, 3.05) is 40.8 Å². The number of hydrogen-bond acceptors (Lipinski definition) is 3. The molecular weight excluding hydrogens is 174 g/mol. The van der Waals surface area contributed by atoms with Crippen LogP contribution in [-0.4, -0.2) is 56.6 Å². The normalized spacial score (nSPS) is 23.0. The number of nitrogens with one attached hydrogen (secondary N) is 1. The van der Waals surface area contributed by atoms with Crippen molar-refractivity contribution in [2.24, 2.45) is 0 Å². The third-order valence-electron chi connectivity index (χ3n) is 2.83. The molecule has 1 fully saturated rings. The van der Waals surface area contributed by atoms with Crippen LogP contribution in [0.25, 0.3) is 0 Å². The van der Waals surface area contributed by atoms with E-state index in [1.54, 1.807) is 0 Å². The van der Waals surface area contributed by atoms with Gasteiger partial charge < -0.3 is 10.2 Å². The Morgan fingerprint density at radius 1 is 1.57 bits per heavy atom. The lowest BCUT2D eigenvalue weighted by molar-refractivity contribution is 0.329. The van der Waals surface area contributed by atoms with Crippen molar-refractivity contribution in [1.29, 1.82) is 0 Å². The molecule has 1 rings (SSSR count). The van der Waals surface area contributed by atoms with Crippen molar-refractivity contribution < 1.29 is 0 Å². The number of likely N-dealkylation sites (tertiary alicyclic amines) is 1. The van der Waals surface area contributed by atoms with Crippen LogP contribution in [0.3, 0.4) is 0 Å². The molecule has 14 heavy (non-hydrogen) atoms. The Morgan fingerprint density at radius 2 is 2.29 bits per heavy atom. The summed E-state index contributed by atoms with van der Waals surface area (Å²) in [5.41, 5.74) is 1.19. The van der Waals surface area contributed by atoms with Crippen LogP contribution in [0.5, 0.6) is 0 Å². The van der Waals surface area contributed by atoms with E-state index in [4.69, 9.17) is 0 Å². The van der Waals surface area contributed by atoms with Crippen molar-refractivity contribution >= 4 is 0 Å². The lowest BCUT2D eigenvalue weighted by atomic mass is 10.2. The number of hydrogen-bond donors (Lipinski definition) is 1. The summed E-state index contributed by atoms with van der Waals surface area (Å²) in [6.45, 7) is 7.38. The quantitative estimate of drug-likeness (QED) is 0.701. The van der Waals surface area contributed by atoms with Crippen LogP contribution >= 0.6 is 0 Å². The Hall–Kier alpha value is -0.540. The highest BCUT2D eigenvalue weighted by Crippen LogP contribution is 2.18. The van der Waals surface area contributed by atoms with E-state index in [0.717, 1.165) is 13.1 Å². The molecule has 3 nitrogen and oxygen atoms in total. The molecule has 0 unspecified atom stereocenters. The monoisotopic (exact) mass is 197 g/mol. The van der Waals surface area contributed by atoms with Crippen LogP contribution in [-0.2, 0) is 0 Å². The zero-order valence-electron chi connectivity index (χ0n) is 9.71. The molecule has 3 heteroatoms. The van der Waals surface area contributed by atoms with Crippen LogP contribution in [0, 0.1) is 0 Å². The highest BCUT2D eigenvalue weighted by Gasteiger charge is 2.22. The molecule has 0 aromatic carbocycles. The third-order valence-corrected chi connectivity index (χ3v) is 2.83. The van der Waals surface area contributed by atoms with E-state index in [1.165, 1.54) is 25.1 Å². The molecule has 0 bridgehead atoms. The molecule has 1 heterocycles. The predicted octanol–water partition coefficient (Wildman–Crippen LogP) is 0.745. The van der Waals surface area contributed by atoms with Gasteiger partial charge in [-0.25, -0.2) is 0 Å². The van der Waals surface area contributed by atoms with Gasteiger partial charge in [0.05, 0.1) is 0 Å². The average molecular weight is 197 g/mol. The summed E-state index contributed by atoms with van der Waals surface area (Å²) >= 11 is 0. The first-order valence-corrected chi connectivity index (χ1v) is 5.39. The molecule has 1 aliphatic rings. The average Bonchev–Trinajstić information content (AvgIpc) is 2.50. The number of nitrogens with zero attached hydrogens (tertiary/aromatic N) is 2. The number of rotatable bonds is 5. The van der Waals surface area contributed by atoms with E-state index in [0.29, 0.717) is 6.04 Å². The summed E-state index contributed by atoms with van der Waals surface area (Å²) in [6.07, 6.45) is 2.56. The maximum absolute atomic E-state index is 4.11. The minimum Gasteiger partial charge on any atom is -0.386 e. The van der Waals surface area contributed by atoms with Gasteiger partial charge in [-0.05, 0) is 40.5 Å². The molecule has 0 radical (unpaired) electrons. The van der Waals surface area contributed by atoms with Crippen molar-refractivity contribution in [3.05, 3.63) is 12.3 Å². The molecule has 0 saturated carbocycles. The van der Waals surface area contributed by atoms with Crippen LogP contribution in [0.2, 0.25) is 0 Å². The molecule has 0 amide bonds. The van der Waals surface area contributed by atoms with Crippen LogP contribution < -0.4 is 5.32 Å². The van der Waals surface area contributed by atoms with Crippen molar-refractivity contribution in [2.45, 2.75) is 18.9 Å². The molecular formula is C11H23N3. The van der Waals surface area contributed by atoms with E-state index in [9.17, 15) is 0 Å². The molecule has 1 aliphatic heterocycles. The second kappa shape index (κ2) is 5.37. The van der Waals surface area contributed by atoms with Crippen LogP contribution in [0.4, 0.5) is 0 Å². The van der Waals surface area contributed by atoms with Gasteiger partial charge >= 0.3 is 0 Å². The largest absolute Gasteiger partial charge is 0.386 e. The van der Waals surface area contributed by atoms with E-state index in [2.05, 4.69) is 42.8 Å². The van der Waals surface area contributed by atoms with Gasteiger partial charge in [0.1, 0.15) is 0 Å². The summed E-state index contributed by atoms with van der Waals surface area (Å²) in [5.74, 6) is 0. The molecule has 1 N–H and O–H groups in total. The van der Waals surface area contributed by atoms with Gasteiger partial charge in [0.2, 0.25) is 0 Å². The SMILES string of the molecule is C=C(NCCN(C)C)[C@H]1CCCN1C. The third kappa shape index (κ3) is 3.31. The Bertz CT molecular complexity index is 189. The van der Waals surface area contributed by atoms with Gasteiger partial charge in [-0.15, -0.1) is 0 Å². The molecule has 0 aliphatic carbocycles. The summed E-state index contributed by atoms with van der Waals surface area (Å²) in [7, 11) is 6.36. The fourth-order valence-electron chi connectivity index (χ4n) is 1.91. The minimum atomic E-state index is 0.553. The van der Waals surface area contributed by atoms with Crippen molar-refractivity contribution in [1.82, 2.24) is 15.1 Å². The smallest absolute Gasteiger partial charge is 0.0486 e. The highest BCUT2D eigenvalue weighted by atomic mass is 15.2. The van der Waals surface area contributed by atoms with Gasteiger partial charge in [-0.3, -0.25) is 4.90 Å². The molecule has 1 atom stereocenters. The predicted molar refractivity (Wildman–Crippen MR) is 61.3 cm³/mol. The minimum absolute atomic E-state index is 0.553. The maximum Gasteiger partial charge on any atom is 0.0486 e. The van der Waals surface area contributed by atoms with Crippen LogP contribution in [0.1, 0.15) is 12.8 Å². The molecule has 0 aromatic rings. The van der Waals surface area contributed by atoms with Gasteiger partial charge in [0, 0.05) is 24.8 Å². The van der Waals surface area contributed by atoms with Crippen molar-refractivity contribution in [3.8, 4) is 0 Å². The Labute approximate surface area is 87.8 Å². The number of likely N-dealkylation sites (N-methyl/N-ethyl adjacent to an activating group) is 2. The summed E-state index contributed by atoms with van der Waals surface area (Å²) < 4.78 is 0. The van der Waals surface area contributed by atoms with E-state index in [-0.39, 0.29) is 0 Å². The second-order valence-electron chi connectivity index (χ2n) is 4.39. The zero-order chi connectivity index (χ0) is 10.6. The topological polar surface area (TPSA) is 18.5 Å². The zero-order valence-corrected chi connectivity index (χ0v) is 9.71. The molecule has 0 spiro atoms. The summed E-state index contributed by atoms with van der Waals surface area (Å²) in [4.78, 5) is 4.56. The summed E-state index contributed by atoms with van der Waals surface area (Å²) in [5, 5.41) is 3.41. The molecule has 0 aromatic heterocycles. The first-order chi connectivity index (χ1) is 6.61. The first kappa shape index (κ1) is 11.5. The van der Waals surface area contributed by atoms with Crippen LogP contribution in [0.15, 0.2) is 12.3 Å². The van der Waals surface area contributed by atoms with Crippen molar-refractivity contribution in [3.63, 3.8) is 0 Å².